The van der Waals surface area contributed by atoms with Crippen LogP contribution in [0.2, 0.25) is 0 Å². The second kappa shape index (κ2) is 9.37. The Morgan fingerprint density at radius 3 is 2.61 bits per heavy atom. The third kappa shape index (κ3) is 4.41. The number of nitrogens with zero attached hydrogens (tertiary/aromatic N) is 1. The van der Waals surface area contributed by atoms with Crippen LogP contribution in [0.5, 0.6) is 5.75 Å². The Hall–Kier alpha value is -3.17. The highest BCUT2D eigenvalue weighted by molar-refractivity contribution is 6.03. The molecule has 9 heteroatoms. The number of aromatic nitrogens is 2. The molecule has 0 bridgehead atoms. The standard InChI is InChI=1S/C27H32N2O7/c1-14-8-10-27(11-9-15(2)25(36-27)16(3)24(31)17-5-4-12-28-17)35-20(14)13-21-29-23-19(34-21)7-6-18(30)22(23)26(32)33/h4-7,12,14-16,20,25,28,30H,8-11,13H2,1-3H3,(H,32,33)/t14-,15-,16-,20-,25+,27+/m1/s1. The van der Waals surface area contributed by atoms with E-state index in [1.54, 1.807) is 12.3 Å². The van der Waals surface area contributed by atoms with Crippen LogP contribution in [0.15, 0.2) is 34.9 Å². The van der Waals surface area contributed by atoms with Crippen LogP contribution in [0.25, 0.3) is 11.1 Å². The molecule has 3 aromatic rings. The van der Waals surface area contributed by atoms with Crippen LogP contribution < -0.4 is 0 Å². The van der Waals surface area contributed by atoms with Crippen molar-refractivity contribution in [3.63, 3.8) is 0 Å². The molecular weight excluding hydrogens is 464 g/mol. The number of nitrogens with one attached hydrogen (secondary N) is 1. The van der Waals surface area contributed by atoms with Gasteiger partial charge in [-0.15, -0.1) is 0 Å². The molecule has 1 spiro atoms. The quantitative estimate of drug-likeness (QED) is 0.408. The number of hydrogen-bond donors (Lipinski definition) is 3. The average Bonchev–Trinajstić information content (AvgIpc) is 3.52. The summed E-state index contributed by atoms with van der Waals surface area (Å²) in [7, 11) is 0. The molecule has 0 aliphatic carbocycles. The van der Waals surface area contributed by atoms with Gasteiger partial charge in [-0.3, -0.25) is 4.79 Å². The fraction of sp³-hybridized carbons (Fsp3) is 0.519. The minimum atomic E-state index is -1.27. The normalized spacial score (nSPS) is 29.4. The Morgan fingerprint density at radius 1 is 1.17 bits per heavy atom. The summed E-state index contributed by atoms with van der Waals surface area (Å²) in [4.78, 5) is 32.0. The maximum atomic E-state index is 13.0. The number of carboxylic acid groups (broad SMARTS) is 1. The van der Waals surface area contributed by atoms with Crippen LogP contribution in [0.3, 0.4) is 0 Å². The lowest BCUT2D eigenvalue weighted by molar-refractivity contribution is -0.334. The smallest absolute Gasteiger partial charge is 0.341 e. The van der Waals surface area contributed by atoms with Crippen molar-refractivity contribution in [1.82, 2.24) is 9.97 Å². The van der Waals surface area contributed by atoms with Crippen molar-refractivity contribution in [2.75, 3.05) is 0 Å². The lowest BCUT2D eigenvalue weighted by Gasteiger charge is -2.50. The van der Waals surface area contributed by atoms with Gasteiger partial charge in [0.2, 0.25) is 0 Å². The van der Waals surface area contributed by atoms with Crippen molar-refractivity contribution in [3.05, 3.63) is 47.6 Å². The number of benzene rings is 1. The molecular formula is C27H32N2O7. The van der Waals surface area contributed by atoms with E-state index in [1.165, 1.54) is 12.1 Å². The summed E-state index contributed by atoms with van der Waals surface area (Å²) in [5.41, 5.74) is 0.731. The SMILES string of the molecule is C[C@@H]1CC[C@]2(CC[C@@H](C)[C@@H](Cc3nc4c(C(=O)O)c(O)ccc4o3)O2)O[C@@H]1[C@H](C)C(=O)c1ccc[nH]1. The van der Waals surface area contributed by atoms with E-state index in [4.69, 9.17) is 13.9 Å². The molecule has 1 aromatic carbocycles. The molecule has 2 aromatic heterocycles. The van der Waals surface area contributed by atoms with Crippen molar-refractivity contribution >= 4 is 22.9 Å². The highest BCUT2D eigenvalue weighted by atomic mass is 16.7. The first-order valence-corrected chi connectivity index (χ1v) is 12.6. The maximum absolute atomic E-state index is 13.0. The number of carbonyl (C=O) groups is 2. The zero-order chi connectivity index (χ0) is 25.6. The summed E-state index contributed by atoms with van der Waals surface area (Å²) in [6, 6.07) is 6.41. The van der Waals surface area contributed by atoms with Crippen LogP contribution in [0, 0.1) is 17.8 Å². The number of H-pyrrole nitrogens is 1. The Kier molecular flexibility index (Phi) is 6.38. The number of carboxylic acids is 1. The molecule has 4 heterocycles. The number of phenols is 1. The van der Waals surface area contributed by atoms with E-state index in [0.717, 1.165) is 25.7 Å². The van der Waals surface area contributed by atoms with E-state index >= 15 is 0 Å². The number of rotatable bonds is 6. The predicted molar refractivity (Wildman–Crippen MR) is 130 cm³/mol. The van der Waals surface area contributed by atoms with Gasteiger partial charge in [-0.2, -0.15) is 0 Å². The Morgan fingerprint density at radius 2 is 1.92 bits per heavy atom. The molecule has 2 saturated heterocycles. The molecule has 0 amide bonds. The number of hydrogen-bond acceptors (Lipinski definition) is 7. The number of aromatic hydroxyl groups is 1. The van der Waals surface area contributed by atoms with E-state index in [-0.39, 0.29) is 52.6 Å². The van der Waals surface area contributed by atoms with Gasteiger partial charge in [0.15, 0.2) is 23.0 Å². The third-order valence-electron chi connectivity index (χ3n) is 7.82. The number of aromatic amines is 1. The molecule has 192 valence electrons. The van der Waals surface area contributed by atoms with E-state index in [0.29, 0.717) is 23.6 Å². The van der Waals surface area contributed by atoms with Crippen LogP contribution in [0.4, 0.5) is 0 Å². The van der Waals surface area contributed by atoms with Gasteiger partial charge >= 0.3 is 5.97 Å². The average molecular weight is 497 g/mol. The molecule has 6 atom stereocenters. The first kappa shape index (κ1) is 24.5. The molecule has 0 radical (unpaired) electrons. The predicted octanol–water partition coefficient (Wildman–Crippen LogP) is 4.95. The van der Waals surface area contributed by atoms with E-state index in [1.807, 2.05) is 13.0 Å². The van der Waals surface area contributed by atoms with Gasteiger partial charge in [-0.25, -0.2) is 9.78 Å². The second-order valence-electron chi connectivity index (χ2n) is 10.3. The van der Waals surface area contributed by atoms with E-state index in [2.05, 4.69) is 23.8 Å². The highest BCUT2D eigenvalue weighted by Crippen LogP contribution is 2.45. The van der Waals surface area contributed by atoms with E-state index < -0.39 is 11.8 Å². The Bertz CT molecular complexity index is 1260. The summed E-state index contributed by atoms with van der Waals surface area (Å²) >= 11 is 0. The Balaban J connectivity index is 1.35. The largest absolute Gasteiger partial charge is 0.507 e. The molecule has 3 N–H and O–H groups in total. The minimum absolute atomic E-state index is 0.0265. The molecule has 0 saturated carbocycles. The molecule has 0 unspecified atom stereocenters. The van der Waals surface area contributed by atoms with Gasteiger partial charge in [-0.1, -0.05) is 20.8 Å². The van der Waals surface area contributed by atoms with Crippen LogP contribution in [-0.4, -0.2) is 49.9 Å². The molecule has 2 aliphatic rings. The Labute approximate surface area is 208 Å². The van der Waals surface area contributed by atoms with Crippen molar-refractivity contribution in [2.45, 2.75) is 70.9 Å². The maximum Gasteiger partial charge on any atom is 0.341 e. The van der Waals surface area contributed by atoms with Crippen molar-refractivity contribution in [2.24, 2.45) is 17.8 Å². The summed E-state index contributed by atoms with van der Waals surface area (Å²) in [5, 5.41) is 19.5. The number of carbonyl (C=O) groups excluding carboxylic acids is 1. The first-order chi connectivity index (χ1) is 17.2. The summed E-state index contributed by atoms with van der Waals surface area (Å²) in [6.45, 7) is 6.14. The van der Waals surface area contributed by atoms with Gasteiger partial charge in [0.25, 0.3) is 0 Å². The highest BCUT2D eigenvalue weighted by Gasteiger charge is 2.49. The fourth-order valence-corrected chi connectivity index (χ4v) is 5.61. The number of ketones is 1. The zero-order valence-corrected chi connectivity index (χ0v) is 20.7. The molecule has 9 nitrogen and oxygen atoms in total. The van der Waals surface area contributed by atoms with Crippen molar-refractivity contribution in [1.29, 1.82) is 0 Å². The minimum Gasteiger partial charge on any atom is -0.507 e. The monoisotopic (exact) mass is 496 g/mol. The number of Topliss-reactive ketones (excluding diaryl/α,β-unsaturated/α-hetero) is 1. The fourth-order valence-electron chi connectivity index (χ4n) is 5.61. The lowest BCUT2D eigenvalue weighted by Crippen LogP contribution is -2.54. The second-order valence-corrected chi connectivity index (χ2v) is 10.3. The van der Waals surface area contributed by atoms with Crippen LogP contribution in [-0.2, 0) is 15.9 Å². The van der Waals surface area contributed by atoms with Crippen LogP contribution >= 0.6 is 0 Å². The number of ether oxygens (including phenoxy) is 2. The molecule has 5 rings (SSSR count). The van der Waals surface area contributed by atoms with Crippen LogP contribution in [0.1, 0.15) is 73.2 Å². The van der Waals surface area contributed by atoms with Gasteiger partial charge < -0.3 is 29.1 Å². The molecule has 2 fully saturated rings. The molecule has 36 heavy (non-hydrogen) atoms. The first-order valence-electron chi connectivity index (χ1n) is 12.6. The number of aromatic carboxylic acids is 1. The topological polar surface area (TPSA) is 135 Å². The third-order valence-corrected chi connectivity index (χ3v) is 7.82. The van der Waals surface area contributed by atoms with Gasteiger partial charge in [0, 0.05) is 25.0 Å². The summed E-state index contributed by atoms with van der Waals surface area (Å²) in [6.07, 6.45) is 4.81. The number of fused-ring (bicyclic) bond motifs is 1. The van der Waals surface area contributed by atoms with Gasteiger partial charge in [-0.05, 0) is 48.9 Å². The lowest BCUT2D eigenvalue weighted by atomic mass is 9.80. The van der Waals surface area contributed by atoms with E-state index in [9.17, 15) is 19.8 Å². The van der Waals surface area contributed by atoms with Gasteiger partial charge in [0.1, 0.15) is 16.8 Å². The van der Waals surface area contributed by atoms with Crippen molar-refractivity contribution < 1.29 is 33.7 Å². The number of oxazole rings is 1. The zero-order valence-electron chi connectivity index (χ0n) is 20.7. The summed E-state index contributed by atoms with van der Waals surface area (Å²) < 4.78 is 19.1. The summed E-state index contributed by atoms with van der Waals surface area (Å²) in [5.74, 6) is -1.93. The molecule has 2 aliphatic heterocycles. The van der Waals surface area contributed by atoms with Crippen molar-refractivity contribution in [3.8, 4) is 5.75 Å². The van der Waals surface area contributed by atoms with Gasteiger partial charge in [0.05, 0.1) is 24.3 Å².